The lowest BCUT2D eigenvalue weighted by molar-refractivity contribution is -0.0618. The largest absolute Gasteiger partial charge is 0.358 e. The third-order valence-electron chi connectivity index (χ3n) is 2.37. The summed E-state index contributed by atoms with van der Waals surface area (Å²) in [6.07, 6.45) is 12.5. The fourth-order valence-electron chi connectivity index (χ4n) is 1.68. The number of allylic oxidation sites excluding steroid dienone is 2. The van der Waals surface area contributed by atoms with Crippen LogP contribution in [-0.2, 0) is 4.74 Å². The van der Waals surface area contributed by atoms with Crippen molar-refractivity contribution in [3.8, 4) is 0 Å². The monoisotopic (exact) mass is 165 g/mol. The van der Waals surface area contributed by atoms with E-state index in [1.54, 1.807) is 0 Å². The maximum atomic E-state index is 5.66. The third-order valence-corrected chi connectivity index (χ3v) is 2.37. The predicted octanol–water partition coefficient (Wildman–Crippen LogP) is 1.90. The van der Waals surface area contributed by atoms with Crippen LogP contribution >= 0.6 is 0 Å². The number of nitrogens with zero attached hydrogens (tertiary/aromatic N) is 1. The number of rotatable bonds is 1. The van der Waals surface area contributed by atoms with Crippen molar-refractivity contribution in [1.82, 2.24) is 4.90 Å². The average Bonchev–Trinajstić information content (AvgIpc) is 2.21. The van der Waals surface area contributed by atoms with Crippen LogP contribution in [0.4, 0.5) is 0 Å². The van der Waals surface area contributed by atoms with Crippen molar-refractivity contribution < 1.29 is 4.74 Å². The Morgan fingerprint density at radius 2 is 2.25 bits per heavy atom. The van der Waals surface area contributed by atoms with Gasteiger partial charge in [-0.25, -0.2) is 0 Å². The second kappa shape index (κ2) is 3.76. The van der Waals surface area contributed by atoms with Gasteiger partial charge in [0.05, 0.1) is 0 Å². The first-order valence-corrected chi connectivity index (χ1v) is 4.67. The number of ether oxygens (including phenoxy) is 1. The van der Waals surface area contributed by atoms with Crippen molar-refractivity contribution in [2.45, 2.75) is 25.5 Å². The summed E-state index contributed by atoms with van der Waals surface area (Å²) >= 11 is 0. The minimum Gasteiger partial charge on any atom is -0.358 e. The summed E-state index contributed by atoms with van der Waals surface area (Å²) in [4.78, 5) is 2.26. The van der Waals surface area contributed by atoms with Gasteiger partial charge in [-0.1, -0.05) is 12.2 Å². The molecule has 2 aliphatic heterocycles. The Labute approximate surface area is 73.5 Å². The van der Waals surface area contributed by atoms with E-state index in [0.29, 0.717) is 6.23 Å². The molecule has 0 radical (unpaired) electrons. The van der Waals surface area contributed by atoms with E-state index in [9.17, 15) is 0 Å². The van der Waals surface area contributed by atoms with Gasteiger partial charge in [0.1, 0.15) is 6.23 Å². The second-order valence-electron chi connectivity index (χ2n) is 3.29. The van der Waals surface area contributed by atoms with Crippen molar-refractivity contribution in [2.24, 2.45) is 0 Å². The van der Waals surface area contributed by atoms with Crippen molar-refractivity contribution in [3.63, 3.8) is 0 Å². The van der Waals surface area contributed by atoms with Gasteiger partial charge in [0.15, 0.2) is 0 Å². The topological polar surface area (TPSA) is 12.5 Å². The van der Waals surface area contributed by atoms with Crippen LogP contribution in [0.25, 0.3) is 0 Å². The minimum atomic E-state index is 0.333. The molecule has 1 saturated heterocycles. The minimum absolute atomic E-state index is 0.333. The van der Waals surface area contributed by atoms with Crippen LogP contribution in [0.5, 0.6) is 0 Å². The van der Waals surface area contributed by atoms with Gasteiger partial charge in [-0.2, -0.15) is 0 Å². The molecule has 0 aromatic rings. The van der Waals surface area contributed by atoms with Gasteiger partial charge in [-0.15, -0.1) is 0 Å². The normalized spacial score (nSPS) is 29.3. The Hall–Kier alpha value is -0.760. The highest BCUT2D eigenvalue weighted by molar-refractivity contribution is 5.09. The first kappa shape index (κ1) is 7.87. The van der Waals surface area contributed by atoms with E-state index in [4.69, 9.17) is 4.74 Å². The van der Waals surface area contributed by atoms with Crippen LogP contribution in [0.15, 0.2) is 24.4 Å². The summed E-state index contributed by atoms with van der Waals surface area (Å²) in [5.74, 6) is 0. The van der Waals surface area contributed by atoms with E-state index in [-0.39, 0.29) is 0 Å². The van der Waals surface area contributed by atoms with Gasteiger partial charge >= 0.3 is 0 Å². The Morgan fingerprint density at radius 3 is 2.92 bits per heavy atom. The van der Waals surface area contributed by atoms with Crippen molar-refractivity contribution >= 4 is 0 Å². The molecule has 66 valence electrons. The Kier molecular flexibility index (Phi) is 2.47. The first-order valence-electron chi connectivity index (χ1n) is 4.67. The highest BCUT2D eigenvalue weighted by Gasteiger charge is 2.18. The van der Waals surface area contributed by atoms with E-state index in [1.165, 1.54) is 19.3 Å². The lowest BCUT2D eigenvalue weighted by Gasteiger charge is -2.33. The molecule has 1 fully saturated rings. The molecule has 0 aliphatic carbocycles. The van der Waals surface area contributed by atoms with Gasteiger partial charge in [0.25, 0.3) is 0 Å². The SMILES string of the molecule is C1=CCN(C2CCCCO2)C=C1. The second-order valence-corrected chi connectivity index (χ2v) is 3.29. The summed E-state index contributed by atoms with van der Waals surface area (Å²) in [6, 6.07) is 0. The molecule has 1 atom stereocenters. The zero-order valence-corrected chi connectivity index (χ0v) is 7.28. The van der Waals surface area contributed by atoms with Gasteiger partial charge in [-0.05, 0) is 25.3 Å². The molecular weight excluding hydrogens is 150 g/mol. The fourth-order valence-corrected chi connectivity index (χ4v) is 1.68. The van der Waals surface area contributed by atoms with Gasteiger partial charge in [0, 0.05) is 19.4 Å². The van der Waals surface area contributed by atoms with E-state index in [1.807, 2.05) is 0 Å². The van der Waals surface area contributed by atoms with Crippen LogP contribution in [0.3, 0.4) is 0 Å². The molecule has 2 nitrogen and oxygen atoms in total. The van der Waals surface area contributed by atoms with Crippen molar-refractivity contribution in [1.29, 1.82) is 0 Å². The van der Waals surface area contributed by atoms with Crippen LogP contribution in [0.2, 0.25) is 0 Å². The molecule has 0 amide bonds. The zero-order valence-electron chi connectivity index (χ0n) is 7.28. The van der Waals surface area contributed by atoms with Crippen LogP contribution < -0.4 is 0 Å². The summed E-state index contributed by atoms with van der Waals surface area (Å²) in [6.45, 7) is 1.93. The highest BCUT2D eigenvalue weighted by Crippen LogP contribution is 2.17. The third kappa shape index (κ3) is 1.69. The average molecular weight is 165 g/mol. The van der Waals surface area contributed by atoms with Crippen LogP contribution in [0.1, 0.15) is 19.3 Å². The van der Waals surface area contributed by atoms with Gasteiger partial charge in [0.2, 0.25) is 0 Å². The Morgan fingerprint density at radius 1 is 1.25 bits per heavy atom. The molecule has 0 aromatic carbocycles. The quantitative estimate of drug-likeness (QED) is 0.588. The van der Waals surface area contributed by atoms with Crippen molar-refractivity contribution in [2.75, 3.05) is 13.2 Å². The molecule has 2 heterocycles. The lowest BCUT2D eigenvalue weighted by Crippen LogP contribution is -2.36. The van der Waals surface area contributed by atoms with Gasteiger partial charge < -0.3 is 9.64 Å². The smallest absolute Gasteiger partial charge is 0.129 e. The van der Waals surface area contributed by atoms with E-state index in [0.717, 1.165) is 13.2 Å². The standard InChI is InChI=1S/C10H15NO/c1-3-7-11(8-4-1)10-6-2-5-9-12-10/h1,3-4,7,10H,2,5-6,8-9H2. The first-order chi connectivity index (χ1) is 5.97. The summed E-state index contributed by atoms with van der Waals surface area (Å²) in [5.41, 5.74) is 0. The van der Waals surface area contributed by atoms with E-state index >= 15 is 0 Å². The van der Waals surface area contributed by atoms with Crippen LogP contribution in [0, 0.1) is 0 Å². The molecule has 1 unspecified atom stereocenters. The van der Waals surface area contributed by atoms with Crippen molar-refractivity contribution in [3.05, 3.63) is 24.4 Å². The summed E-state index contributed by atoms with van der Waals surface area (Å²) < 4.78 is 5.66. The molecule has 2 heteroatoms. The molecular formula is C10H15NO. The maximum Gasteiger partial charge on any atom is 0.129 e. The lowest BCUT2D eigenvalue weighted by atomic mass is 10.1. The summed E-state index contributed by atoms with van der Waals surface area (Å²) in [7, 11) is 0. The van der Waals surface area contributed by atoms with E-state index < -0.39 is 0 Å². The molecule has 0 aromatic heterocycles. The molecule has 0 saturated carbocycles. The maximum absolute atomic E-state index is 5.66. The molecule has 12 heavy (non-hydrogen) atoms. The molecule has 2 rings (SSSR count). The molecule has 2 aliphatic rings. The Balaban J connectivity index is 1.90. The molecule has 0 spiro atoms. The van der Waals surface area contributed by atoms with E-state index in [2.05, 4.69) is 29.3 Å². The van der Waals surface area contributed by atoms with Crippen LogP contribution in [-0.4, -0.2) is 24.3 Å². The fraction of sp³-hybridized carbons (Fsp3) is 0.600. The summed E-state index contributed by atoms with van der Waals surface area (Å²) in [5, 5.41) is 0. The Bertz CT molecular complexity index is 192. The zero-order chi connectivity index (χ0) is 8.23. The number of hydrogen-bond donors (Lipinski definition) is 0. The predicted molar refractivity (Wildman–Crippen MR) is 48.6 cm³/mol. The van der Waals surface area contributed by atoms with Gasteiger partial charge in [-0.3, -0.25) is 0 Å². The number of hydrogen-bond acceptors (Lipinski definition) is 2. The molecule has 0 bridgehead atoms. The highest BCUT2D eigenvalue weighted by atomic mass is 16.5. The molecule has 0 N–H and O–H groups in total.